The zero-order chi connectivity index (χ0) is 16.4. The molecule has 1 atom stereocenters. The van der Waals surface area contributed by atoms with Gasteiger partial charge in [-0.15, -0.1) is 0 Å². The van der Waals surface area contributed by atoms with E-state index in [1.807, 2.05) is 6.20 Å². The molecule has 2 aromatic rings. The van der Waals surface area contributed by atoms with Crippen molar-refractivity contribution in [3.8, 4) is 5.95 Å². The second-order valence-corrected chi connectivity index (χ2v) is 5.93. The first-order valence-electron chi connectivity index (χ1n) is 8.23. The Bertz CT molecular complexity index is 672. The molecule has 9 heteroatoms. The summed E-state index contributed by atoms with van der Waals surface area (Å²) in [5.41, 5.74) is 0. The van der Waals surface area contributed by atoms with Gasteiger partial charge in [-0.2, -0.15) is 15.0 Å². The third kappa shape index (κ3) is 3.17. The van der Waals surface area contributed by atoms with Crippen LogP contribution in [0.1, 0.15) is 6.92 Å². The molecule has 2 saturated heterocycles. The van der Waals surface area contributed by atoms with Crippen molar-refractivity contribution in [2.45, 2.75) is 13.0 Å². The molecule has 0 aromatic carbocycles. The fourth-order valence-corrected chi connectivity index (χ4v) is 2.88. The van der Waals surface area contributed by atoms with Crippen LogP contribution in [0, 0.1) is 0 Å². The first-order chi connectivity index (χ1) is 11.8. The minimum atomic E-state index is 0.166. The number of rotatable bonds is 3. The van der Waals surface area contributed by atoms with Crippen LogP contribution >= 0.6 is 0 Å². The van der Waals surface area contributed by atoms with Gasteiger partial charge in [0.05, 0.1) is 25.9 Å². The Morgan fingerprint density at radius 3 is 2.38 bits per heavy atom. The topological polar surface area (TPSA) is 81.4 Å². The number of hydrogen-bond donors (Lipinski definition) is 0. The predicted molar refractivity (Wildman–Crippen MR) is 87.6 cm³/mol. The van der Waals surface area contributed by atoms with Crippen molar-refractivity contribution in [2.24, 2.45) is 0 Å². The molecule has 4 rings (SSSR count). The summed E-state index contributed by atoms with van der Waals surface area (Å²) in [4.78, 5) is 22.4. The van der Waals surface area contributed by atoms with Crippen LogP contribution in [0.25, 0.3) is 5.95 Å². The Kier molecular flexibility index (Phi) is 4.26. The van der Waals surface area contributed by atoms with Crippen LogP contribution in [0.15, 0.2) is 18.7 Å². The molecule has 4 heterocycles. The highest BCUT2D eigenvalue weighted by atomic mass is 16.5. The lowest BCUT2D eigenvalue weighted by molar-refractivity contribution is 0.0526. The van der Waals surface area contributed by atoms with E-state index in [2.05, 4.69) is 31.7 Å². The molecule has 0 bridgehead atoms. The van der Waals surface area contributed by atoms with Gasteiger partial charge in [0.1, 0.15) is 6.33 Å². The first-order valence-corrected chi connectivity index (χ1v) is 8.23. The molecule has 2 aliphatic heterocycles. The summed E-state index contributed by atoms with van der Waals surface area (Å²) in [7, 11) is 0. The molecule has 0 aliphatic carbocycles. The van der Waals surface area contributed by atoms with Gasteiger partial charge in [-0.1, -0.05) is 0 Å². The van der Waals surface area contributed by atoms with Crippen LogP contribution in [0.5, 0.6) is 0 Å². The van der Waals surface area contributed by atoms with Gasteiger partial charge in [0, 0.05) is 38.6 Å². The number of aromatic nitrogens is 5. The van der Waals surface area contributed by atoms with E-state index in [9.17, 15) is 0 Å². The molecule has 0 saturated carbocycles. The summed E-state index contributed by atoms with van der Waals surface area (Å²) in [5, 5.41) is 0. The highest BCUT2D eigenvalue weighted by Gasteiger charge is 2.23. The third-order valence-corrected chi connectivity index (χ3v) is 4.15. The largest absolute Gasteiger partial charge is 0.378 e. The number of imidazole rings is 1. The average molecular weight is 331 g/mol. The molecular formula is C15H21N7O2. The van der Waals surface area contributed by atoms with Gasteiger partial charge in [0.2, 0.25) is 17.8 Å². The van der Waals surface area contributed by atoms with Crippen LogP contribution in [-0.2, 0) is 9.47 Å². The zero-order valence-corrected chi connectivity index (χ0v) is 13.7. The number of ether oxygens (including phenoxy) is 2. The van der Waals surface area contributed by atoms with E-state index < -0.39 is 0 Å². The molecule has 1 unspecified atom stereocenters. The maximum absolute atomic E-state index is 5.62. The molecule has 0 spiro atoms. The zero-order valence-electron chi connectivity index (χ0n) is 13.7. The number of nitrogens with zero attached hydrogens (tertiary/aromatic N) is 7. The minimum Gasteiger partial charge on any atom is -0.378 e. The molecular weight excluding hydrogens is 310 g/mol. The second-order valence-electron chi connectivity index (χ2n) is 5.93. The van der Waals surface area contributed by atoms with Crippen LogP contribution in [-0.4, -0.2) is 76.6 Å². The molecule has 0 N–H and O–H groups in total. The molecule has 9 nitrogen and oxygen atoms in total. The van der Waals surface area contributed by atoms with Gasteiger partial charge in [-0.25, -0.2) is 4.98 Å². The van der Waals surface area contributed by atoms with Crippen molar-refractivity contribution in [1.29, 1.82) is 0 Å². The van der Waals surface area contributed by atoms with Crippen LogP contribution < -0.4 is 9.80 Å². The van der Waals surface area contributed by atoms with Crippen molar-refractivity contribution < 1.29 is 9.47 Å². The molecule has 0 amide bonds. The van der Waals surface area contributed by atoms with E-state index in [4.69, 9.17) is 14.5 Å². The third-order valence-electron chi connectivity index (χ3n) is 4.15. The minimum absolute atomic E-state index is 0.166. The molecule has 2 fully saturated rings. The van der Waals surface area contributed by atoms with Crippen molar-refractivity contribution in [2.75, 3.05) is 55.8 Å². The summed E-state index contributed by atoms with van der Waals surface area (Å²) in [6.07, 6.45) is 5.42. The Hall–Kier alpha value is -2.26. The summed E-state index contributed by atoms with van der Waals surface area (Å²) < 4.78 is 12.9. The maximum Gasteiger partial charge on any atom is 0.241 e. The molecule has 24 heavy (non-hydrogen) atoms. The van der Waals surface area contributed by atoms with E-state index in [0.717, 1.165) is 26.2 Å². The lowest BCUT2D eigenvalue weighted by Gasteiger charge is -2.32. The molecule has 128 valence electrons. The smallest absolute Gasteiger partial charge is 0.241 e. The summed E-state index contributed by atoms with van der Waals surface area (Å²) in [5.74, 6) is 1.95. The average Bonchev–Trinajstić information content (AvgIpc) is 3.17. The van der Waals surface area contributed by atoms with Gasteiger partial charge in [-0.3, -0.25) is 4.57 Å². The number of hydrogen-bond acceptors (Lipinski definition) is 8. The van der Waals surface area contributed by atoms with Gasteiger partial charge in [0.25, 0.3) is 0 Å². The maximum atomic E-state index is 5.62. The van der Waals surface area contributed by atoms with Crippen molar-refractivity contribution in [3.63, 3.8) is 0 Å². The Morgan fingerprint density at radius 1 is 0.958 bits per heavy atom. The van der Waals surface area contributed by atoms with E-state index >= 15 is 0 Å². The second kappa shape index (κ2) is 6.70. The lowest BCUT2D eigenvalue weighted by atomic mass is 10.3. The molecule has 2 aliphatic rings. The van der Waals surface area contributed by atoms with Crippen LogP contribution in [0.2, 0.25) is 0 Å². The summed E-state index contributed by atoms with van der Waals surface area (Å²) in [6, 6.07) is 0. The lowest BCUT2D eigenvalue weighted by Crippen LogP contribution is -2.43. The Labute approximate surface area is 140 Å². The fraction of sp³-hybridized carbons (Fsp3) is 0.600. The van der Waals surface area contributed by atoms with Gasteiger partial charge < -0.3 is 19.3 Å². The Balaban J connectivity index is 1.70. The van der Waals surface area contributed by atoms with Crippen molar-refractivity contribution >= 4 is 11.9 Å². The van der Waals surface area contributed by atoms with E-state index in [-0.39, 0.29) is 6.10 Å². The summed E-state index contributed by atoms with van der Waals surface area (Å²) >= 11 is 0. The monoisotopic (exact) mass is 331 g/mol. The SMILES string of the molecule is CC1CN(c2nc(N3CCOCC3)nc(-n3ccnc3)n2)CCO1. The fourth-order valence-electron chi connectivity index (χ4n) is 2.88. The van der Waals surface area contributed by atoms with Gasteiger partial charge >= 0.3 is 0 Å². The van der Waals surface area contributed by atoms with Gasteiger partial charge in [0.15, 0.2) is 0 Å². The quantitative estimate of drug-likeness (QED) is 0.784. The van der Waals surface area contributed by atoms with Crippen LogP contribution in [0.4, 0.5) is 11.9 Å². The highest BCUT2D eigenvalue weighted by Crippen LogP contribution is 2.19. The summed E-state index contributed by atoms with van der Waals surface area (Å²) in [6.45, 7) is 7.24. The number of anilines is 2. The molecule has 0 radical (unpaired) electrons. The van der Waals surface area contributed by atoms with Crippen LogP contribution in [0.3, 0.4) is 0 Å². The van der Waals surface area contributed by atoms with Crippen molar-refractivity contribution in [1.82, 2.24) is 24.5 Å². The Morgan fingerprint density at radius 2 is 1.67 bits per heavy atom. The first kappa shape index (κ1) is 15.3. The predicted octanol–water partition coefficient (Wildman–Crippen LogP) is 0.119. The van der Waals surface area contributed by atoms with E-state index in [1.54, 1.807) is 17.1 Å². The normalized spacial score (nSPS) is 22.0. The van der Waals surface area contributed by atoms with Crippen molar-refractivity contribution in [3.05, 3.63) is 18.7 Å². The highest BCUT2D eigenvalue weighted by molar-refractivity contribution is 5.42. The van der Waals surface area contributed by atoms with E-state index in [1.165, 1.54) is 0 Å². The van der Waals surface area contributed by atoms with E-state index in [0.29, 0.717) is 37.7 Å². The molecule has 2 aromatic heterocycles. The number of morpholine rings is 2. The standard InChI is InChI=1S/C15H21N7O2/c1-12-10-21(6-9-24-12)14-17-13(20-4-7-23-8-5-20)18-15(19-14)22-3-2-16-11-22/h2-3,11-12H,4-10H2,1H3. The van der Waals surface area contributed by atoms with Gasteiger partial charge in [-0.05, 0) is 6.92 Å².